The van der Waals surface area contributed by atoms with Crippen molar-refractivity contribution in [2.45, 2.75) is 6.42 Å². The predicted octanol–water partition coefficient (Wildman–Crippen LogP) is 6.02. The molecule has 4 rings (SSSR count). The standard InChI is InChI=1S/C27H21ClN2O3/c1-30(23-9-7-22(28)8-10-23)24-11-12-25(29-17-24)26(31)20-14-19(15-21(16-20)27(32)33)13-18-5-3-2-4-6-18/h2-12,14-17H,13H2,1H3,(H,32,33). The van der Waals surface area contributed by atoms with Gasteiger partial charge in [0.25, 0.3) is 0 Å². The number of hydrogen-bond acceptors (Lipinski definition) is 4. The Kier molecular flexibility index (Phi) is 6.52. The Morgan fingerprint density at radius 3 is 2.15 bits per heavy atom. The maximum Gasteiger partial charge on any atom is 0.335 e. The lowest BCUT2D eigenvalue weighted by atomic mass is 9.97. The van der Waals surface area contributed by atoms with E-state index in [-0.39, 0.29) is 17.0 Å². The third-order valence-corrected chi connectivity index (χ3v) is 5.59. The highest BCUT2D eigenvalue weighted by Crippen LogP contribution is 2.25. The van der Waals surface area contributed by atoms with E-state index in [2.05, 4.69) is 4.98 Å². The molecule has 0 radical (unpaired) electrons. The average Bonchev–Trinajstić information content (AvgIpc) is 2.84. The van der Waals surface area contributed by atoms with E-state index in [0.29, 0.717) is 17.0 Å². The maximum absolute atomic E-state index is 13.1. The molecule has 0 spiro atoms. The second-order valence-electron chi connectivity index (χ2n) is 7.65. The number of carboxylic acid groups (broad SMARTS) is 1. The molecule has 0 fully saturated rings. The largest absolute Gasteiger partial charge is 0.478 e. The van der Waals surface area contributed by atoms with Gasteiger partial charge in [-0.2, -0.15) is 0 Å². The van der Waals surface area contributed by atoms with Crippen LogP contribution in [0.4, 0.5) is 11.4 Å². The highest BCUT2D eigenvalue weighted by molar-refractivity contribution is 6.30. The molecule has 0 atom stereocenters. The fourth-order valence-corrected chi connectivity index (χ4v) is 3.69. The van der Waals surface area contributed by atoms with Gasteiger partial charge in [0.05, 0.1) is 17.4 Å². The quantitative estimate of drug-likeness (QED) is 0.344. The van der Waals surface area contributed by atoms with Crippen molar-refractivity contribution in [3.8, 4) is 0 Å². The Balaban J connectivity index is 1.60. The Bertz CT molecular complexity index is 1290. The molecule has 0 aliphatic rings. The molecular formula is C27H21ClN2O3. The summed E-state index contributed by atoms with van der Waals surface area (Å²) in [6.07, 6.45) is 2.15. The Morgan fingerprint density at radius 1 is 0.848 bits per heavy atom. The first kappa shape index (κ1) is 22.2. The SMILES string of the molecule is CN(c1ccc(Cl)cc1)c1ccc(C(=O)c2cc(Cc3ccccc3)cc(C(=O)O)c2)nc1. The molecule has 1 heterocycles. The van der Waals surface area contributed by atoms with E-state index in [1.807, 2.05) is 54.4 Å². The molecule has 0 unspecified atom stereocenters. The molecule has 1 N–H and O–H groups in total. The van der Waals surface area contributed by atoms with Gasteiger partial charge in [-0.1, -0.05) is 41.9 Å². The van der Waals surface area contributed by atoms with Gasteiger partial charge in [0.15, 0.2) is 0 Å². The zero-order valence-electron chi connectivity index (χ0n) is 17.9. The molecular weight excluding hydrogens is 436 g/mol. The summed E-state index contributed by atoms with van der Waals surface area (Å²) in [5, 5.41) is 10.2. The molecule has 3 aromatic carbocycles. The van der Waals surface area contributed by atoms with Crippen molar-refractivity contribution in [1.29, 1.82) is 0 Å². The molecule has 0 aliphatic carbocycles. The summed E-state index contributed by atoms with van der Waals surface area (Å²) in [5.41, 5.74) is 4.14. The van der Waals surface area contributed by atoms with Gasteiger partial charge in [0, 0.05) is 23.3 Å². The first-order valence-electron chi connectivity index (χ1n) is 10.3. The number of carboxylic acids is 1. The number of anilines is 2. The van der Waals surface area contributed by atoms with Crippen LogP contribution < -0.4 is 4.90 Å². The van der Waals surface area contributed by atoms with Gasteiger partial charge in [-0.25, -0.2) is 4.79 Å². The summed E-state index contributed by atoms with van der Waals surface area (Å²) < 4.78 is 0. The fourth-order valence-electron chi connectivity index (χ4n) is 3.56. The van der Waals surface area contributed by atoms with Gasteiger partial charge in [-0.3, -0.25) is 9.78 Å². The van der Waals surface area contributed by atoms with Crippen molar-refractivity contribution in [3.63, 3.8) is 0 Å². The van der Waals surface area contributed by atoms with Crippen molar-refractivity contribution in [2.75, 3.05) is 11.9 Å². The van der Waals surface area contributed by atoms with E-state index >= 15 is 0 Å². The molecule has 164 valence electrons. The number of nitrogens with zero attached hydrogens (tertiary/aromatic N) is 2. The number of carbonyl (C=O) groups is 2. The van der Waals surface area contributed by atoms with E-state index in [4.69, 9.17) is 11.6 Å². The summed E-state index contributed by atoms with van der Waals surface area (Å²) in [6.45, 7) is 0. The van der Waals surface area contributed by atoms with Crippen LogP contribution in [0.5, 0.6) is 0 Å². The van der Waals surface area contributed by atoms with Crippen LogP contribution in [-0.4, -0.2) is 28.9 Å². The topological polar surface area (TPSA) is 70.5 Å². The molecule has 4 aromatic rings. The first-order valence-corrected chi connectivity index (χ1v) is 10.7. The third kappa shape index (κ3) is 5.27. The minimum absolute atomic E-state index is 0.0749. The van der Waals surface area contributed by atoms with E-state index in [0.717, 1.165) is 22.5 Å². The normalized spacial score (nSPS) is 10.6. The molecule has 33 heavy (non-hydrogen) atoms. The summed E-state index contributed by atoms with van der Waals surface area (Å²) in [6, 6.07) is 25.3. The number of rotatable bonds is 7. The second-order valence-corrected chi connectivity index (χ2v) is 8.09. The highest BCUT2D eigenvalue weighted by Gasteiger charge is 2.16. The fraction of sp³-hybridized carbons (Fsp3) is 0.0741. The zero-order valence-corrected chi connectivity index (χ0v) is 18.7. The van der Waals surface area contributed by atoms with Crippen LogP contribution in [0.1, 0.15) is 37.5 Å². The molecule has 0 amide bonds. The Hall–Kier alpha value is -3.96. The second kappa shape index (κ2) is 9.67. The van der Waals surface area contributed by atoms with Gasteiger partial charge in [-0.15, -0.1) is 0 Å². The van der Waals surface area contributed by atoms with Gasteiger partial charge in [-0.05, 0) is 72.1 Å². The predicted molar refractivity (Wildman–Crippen MR) is 130 cm³/mol. The monoisotopic (exact) mass is 456 g/mol. The number of halogens is 1. The maximum atomic E-state index is 13.1. The Morgan fingerprint density at radius 2 is 1.52 bits per heavy atom. The van der Waals surface area contributed by atoms with Crippen molar-refractivity contribution in [2.24, 2.45) is 0 Å². The van der Waals surface area contributed by atoms with Crippen LogP contribution >= 0.6 is 11.6 Å². The Labute approximate surface area is 196 Å². The minimum atomic E-state index is -1.08. The third-order valence-electron chi connectivity index (χ3n) is 5.33. The number of pyridine rings is 1. The van der Waals surface area contributed by atoms with Crippen LogP contribution in [-0.2, 0) is 6.42 Å². The number of ketones is 1. The van der Waals surface area contributed by atoms with E-state index < -0.39 is 5.97 Å². The van der Waals surface area contributed by atoms with Gasteiger partial charge < -0.3 is 10.0 Å². The number of aromatic nitrogens is 1. The molecule has 5 nitrogen and oxygen atoms in total. The average molecular weight is 457 g/mol. The lowest BCUT2D eigenvalue weighted by Gasteiger charge is -2.19. The number of benzene rings is 3. The number of hydrogen-bond donors (Lipinski definition) is 1. The van der Waals surface area contributed by atoms with Crippen molar-refractivity contribution < 1.29 is 14.7 Å². The number of carbonyl (C=O) groups excluding carboxylic acids is 1. The molecule has 6 heteroatoms. The highest BCUT2D eigenvalue weighted by atomic mass is 35.5. The lowest BCUT2D eigenvalue weighted by Crippen LogP contribution is -2.11. The van der Waals surface area contributed by atoms with Gasteiger partial charge in [0.2, 0.25) is 5.78 Å². The van der Waals surface area contributed by atoms with E-state index in [1.165, 1.54) is 6.07 Å². The lowest BCUT2D eigenvalue weighted by molar-refractivity contribution is 0.0696. The molecule has 0 saturated heterocycles. The van der Waals surface area contributed by atoms with Crippen LogP contribution in [0.3, 0.4) is 0 Å². The van der Waals surface area contributed by atoms with E-state index in [9.17, 15) is 14.7 Å². The van der Waals surface area contributed by atoms with E-state index in [1.54, 1.807) is 42.6 Å². The van der Waals surface area contributed by atoms with Crippen LogP contribution in [0.25, 0.3) is 0 Å². The van der Waals surface area contributed by atoms with Crippen LogP contribution in [0.2, 0.25) is 5.02 Å². The molecule has 1 aromatic heterocycles. The molecule has 0 saturated carbocycles. The smallest absolute Gasteiger partial charge is 0.335 e. The summed E-state index contributed by atoms with van der Waals surface area (Å²) in [7, 11) is 1.90. The van der Waals surface area contributed by atoms with Gasteiger partial charge >= 0.3 is 5.97 Å². The van der Waals surface area contributed by atoms with Crippen LogP contribution in [0, 0.1) is 0 Å². The first-order chi connectivity index (χ1) is 15.9. The summed E-state index contributed by atoms with van der Waals surface area (Å²) in [5.74, 6) is -1.40. The molecule has 0 aliphatic heterocycles. The van der Waals surface area contributed by atoms with Gasteiger partial charge in [0.1, 0.15) is 5.69 Å². The van der Waals surface area contributed by atoms with Crippen molar-refractivity contribution in [3.05, 3.63) is 124 Å². The van der Waals surface area contributed by atoms with Crippen molar-refractivity contribution in [1.82, 2.24) is 4.98 Å². The minimum Gasteiger partial charge on any atom is -0.478 e. The summed E-state index contributed by atoms with van der Waals surface area (Å²) >= 11 is 5.96. The molecule has 0 bridgehead atoms. The van der Waals surface area contributed by atoms with Crippen LogP contribution in [0.15, 0.2) is 91.1 Å². The number of aromatic carboxylic acids is 1. The van der Waals surface area contributed by atoms with Crippen molar-refractivity contribution >= 4 is 34.7 Å². The zero-order chi connectivity index (χ0) is 23.4. The summed E-state index contributed by atoms with van der Waals surface area (Å²) in [4.78, 5) is 31.1.